The number of H-pyrrole nitrogens is 1. The molecule has 0 bridgehead atoms. The highest BCUT2D eigenvalue weighted by atomic mass is 16.3. The number of aromatic nitrogens is 1. The van der Waals surface area contributed by atoms with E-state index in [0.717, 1.165) is 38.0 Å². The summed E-state index contributed by atoms with van der Waals surface area (Å²) < 4.78 is 0. The predicted molar refractivity (Wildman–Crippen MR) is 108 cm³/mol. The Morgan fingerprint density at radius 2 is 2.00 bits per heavy atom. The van der Waals surface area contributed by atoms with Gasteiger partial charge in [-0.05, 0) is 37.3 Å². The molecule has 0 unspecified atom stereocenters. The maximum absolute atomic E-state index is 12.8. The molecule has 4 rings (SSSR count). The van der Waals surface area contributed by atoms with E-state index in [2.05, 4.69) is 22.0 Å². The number of hydrogen-bond donors (Lipinski definition) is 2. The molecule has 0 spiro atoms. The van der Waals surface area contributed by atoms with Crippen molar-refractivity contribution in [2.75, 3.05) is 26.2 Å². The number of para-hydroxylation sites is 1. The molecule has 146 valence electrons. The van der Waals surface area contributed by atoms with Crippen molar-refractivity contribution in [1.29, 1.82) is 0 Å². The van der Waals surface area contributed by atoms with E-state index in [9.17, 15) is 9.90 Å². The van der Waals surface area contributed by atoms with Crippen LogP contribution in [-0.4, -0.2) is 64.1 Å². The summed E-state index contributed by atoms with van der Waals surface area (Å²) in [5.74, 6) is 0.245. The van der Waals surface area contributed by atoms with E-state index in [1.165, 1.54) is 36.6 Å². The van der Waals surface area contributed by atoms with Crippen LogP contribution in [0.3, 0.4) is 0 Å². The van der Waals surface area contributed by atoms with Crippen LogP contribution in [0, 0.1) is 0 Å². The Kier molecular flexibility index (Phi) is 5.79. The molecular weight excluding hydrogens is 338 g/mol. The first-order valence-corrected chi connectivity index (χ1v) is 10.5. The maximum atomic E-state index is 12.8. The molecule has 2 aliphatic rings. The molecule has 2 N–H and O–H groups in total. The topological polar surface area (TPSA) is 59.6 Å². The Balaban J connectivity index is 1.36. The number of nitrogens with one attached hydrogen (secondary N) is 1. The Morgan fingerprint density at radius 3 is 2.81 bits per heavy atom. The molecule has 1 aromatic heterocycles. The zero-order valence-corrected chi connectivity index (χ0v) is 16.1. The summed E-state index contributed by atoms with van der Waals surface area (Å²) in [6.07, 6.45) is 9.31. The highest BCUT2D eigenvalue weighted by molar-refractivity contribution is 5.84. The fourth-order valence-corrected chi connectivity index (χ4v) is 4.96. The van der Waals surface area contributed by atoms with Gasteiger partial charge < -0.3 is 15.0 Å². The zero-order valence-electron chi connectivity index (χ0n) is 16.1. The third-order valence-electron chi connectivity index (χ3n) is 6.42. The number of aryl methyl sites for hydroxylation is 1. The van der Waals surface area contributed by atoms with Gasteiger partial charge in [-0.3, -0.25) is 9.69 Å². The van der Waals surface area contributed by atoms with Crippen LogP contribution in [0.5, 0.6) is 0 Å². The average molecular weight is 370 g/mol. The first-order valence-electron chi connectivity index (χ1n) is 10.5. The van der Waals surface area contributed by atoms with Gasteiger partial charge in [0.1, 0.15) is 0 Å². The molecule has 27 heavy (non-hydrogen) atoms. The lowest BCUT2D eigenvalue weighted by Crippen LogP contribution is -2.57. The number of carbonyl (C=O) groups excluding carboxylic acids is 1. The van der Waals surface area contributed by atoms with Crippen LogP contribution in [0.15, 0.2) is 30.5 Å². The minimum Gasteiger partial charge on any atom is -0.396 e. The molecule has 1 aromatic carbocycles. The molecule has 1 saturated heterocycles. The first-order chi connectivity index (χ1) is 13.3. The first kappa shape index (κ1) is 18.5. The van der Waals surface area contributed by atoms with Gasteiger partial charge in [-0.15, -0.1) is 0 Å². The monoisotopic (exact) mass is 369 g/mol. The van der Waals surface area contributed by atoms with E-state index in [1.807, 2.05) is 23.2 Å². The average Bonchev–Trinajstić information content (AvgIpc) is 3.36. The van der Waals surface area contributed by atoms with Gasteiger partial charge >= 0.3 is 0 Å². The smallest absolute Gasteiger partial charge is 0.222 e. The van der Waals surface area contributed by atoms with Crippen LogP contribution >= 0.6 is 0 Å². The normalized spacial score (nSPS) is 22.0. The number of aromatic amines is 1. The second-order valence-electron chi connectivity index (χ2n) is 8.04. The van der Waals surface area contributed by atoms with Crippen molar-refractivity contribution in [1.82, 2.24) is 14.8 Å². The third kappa shape index (κ3) is 4.04. The molecule has 1 saturated carbocycles. The number of rotatable bonds is 6. The minimum absolute atomic E-state index is 0.200. The number of amides is 1. The molecule has 5 nitrogen and oxygen atoms in total. The number of nitrogens with zero attached hydrogens (tertiary/aromatic N) is 2. The number of fused-ring (bicyclic) bond motifs is 1. The van der Waals surface area contributed by atoms with Crippen LogP contribution < -0.4 is 0 Å². The van der Waals surface area contributed by atoms with Crippen molar-refractivity contribution < 1.29 is 9.90 Å². The summed E-state index contributed by atoms with van der Waals surface area (Å²) in [6.45, 7) is 2.74. The largest absolute Gasteiger partial charge is 0.396 e. The zero-order chi connectivity index (χ0) is 18.6. The minimum atomic E-state index is 0.200. The van der Waals surface area contributed by atoms with Crippen LogP contribution in [0.1, 0.15) is 44.1 Å². The van der Waals surface area contributed by atoms with Gasteiger partial charge in [0, 0.05) is 61.8 Å². The molecule has 1 aliphatic carbocycles. The quantitative estimate of drug-likeness (QED) is 0.823. The van der Waals surface area contributed by atoms with Crippen LogP contribution in [0.4, 0.5) is 0 Å². The molecule has 1 amide bonds. The Labute approximate surface area is 161 Å². The van der Waals surface area contributed by atoms with Gasteiger partial charge in [-0.1, -0.05) is 31.0 Å². The van der Waals surface area contributed by atoms with Crippen molar-refractivity contribution in [2.45, 2.75) is 57.0 Å². The van der Waals surface area contributed by atoms with E-state index in [1.54, 1.807) is 0 Å². The Bertz CT molecular complexity index is 766. The van der Waals surface area contributed by atoms with Crippen molar-refractivity contribution in [3.8, 4) is 0 Å². The van der Waals surface area contributed by atoms with Crippen molar-refractivity contribution in [3.05, 3.63) is 36.0 Å². The van der Waals surface area contributed by atoms with E-state index < -0.39 is 0 Å². The number of carbonyl (C=O) groups is 1. The summed E-state index contributed by atoms with van der Waals surface area (Å²) in [4.78, 5) is 20.7. The molecule has 1 aliphatic heterocycles. The summed E-state index contributed by atoms with van der Waals surface area (Å²) >= 11 is 0. The van der Waals surface area contributed by atoms with Gasteiger partial charge in [0.2, 0.25) is 5.91 Å². The van der Waals surface area contributed by atoms with Crippen LogP contribution in [0.2, 0.25) is 0 Å². The van der Waals surface area contributed by atoms with Gasteiger partial charge in [0.05, 0.1) is 0 Å². The van der Waals surface area contributed by atoms with Gasteiger partial charge in [0.25, 0.3) is 0 Å². The fraction of sp³-hybridized carbons (Fsp3) is 0.591. The molecular formula is C22H31N3O2. The number of piperazine rings is 1. The Hall–Kier alpha value is -1.85. The van der Waals surface area contributed by atoms with Crippen LogP contribution in [0.25, 0.3) is 10.9 Å². The van der Waals surface area contributed by atoms with Crippen molar-refractivity contribution in [2.24, 2.45) is 0 Å². The Morgan fingerprint density at radius 1 is 1.19 bits per heavy atom. The maximum Gasteiger partial charge on any atom is 0.222 e. The molecule has 2 fully saturated rings. The number of aliphatic hydroxyl groups excluding tert-OH is 1. The number of benzene rings is 1. The van der Waals surface area contributed by atoms with Gasteiger partial charge in [0.15, 0.2) is 0 Å². The van der Waals surface area contributed by atoms with E-state index in [-0.39, 0.29) is 12.5 Å². The third-order valence-corrected chi connectivity index (χ3v) is 6.42. The van der Waals surface area contributed by atoms with Crippen molar-refractivity contribution >= 4 is 16.8 Å². The second kappa shape index (κ2) is 8.44. The number of aliphatic hydroxyl groups is 1. The SMILES string of the molecule is O=C(CCc1c[nH]c2ccccc12)N1CCN(C2CCCC2)[C@H](CCO)C1. The summed E-state index contributed by atoms with van der Waals surface area (Å²) in [7, 11) is 0. The standard InChI is InChI=1S/C22H31N3O2/c26-14-11-19-16-24(12-13-25(19)18-5-1-2-6-18)22(27)10-9-17-15-23-21-8-4-3-7-20(17)21/h3-4,7-8,15,18-19,23,26H,1-2,5-6,9-14,16H2/t19-/m1/s1. The highest BCUT2D eigenvalue weighted by Gasteiger charge is 2.34. The lowest BCUT2D eigenvalue weighted by molar-refractivity contribution is -0.135. The summed E-state index contributed by atoms with van der Waals surface area (Å²) in [6, 6.07) is 9.22. The van der Waals surface area contributed by atoms with Crippen LogP contribution in [-0.2, 0) is 11.2 Å². The van der Waals surface area contributed by atoms with E-state index >= 15 is 0 Å². The van der Waals surface area contributed by atoms with Gasteiger partial charge in [-0.25, -0.2) is 0 Å². The molecule has 0 radical (unpaired) electrons. The molecule has 2 aromatic rings. The molecule has 1 atom stereocenters. The molecule has 5 heteroatoms. The number of hydrogen-bond acceptors (Lipinski definition) is 3. The van der Waals surface area contributed by atoms with E-state index in [0.29, 0.717) is 18.5 Å². The lowest BCUT2D eigenvalue weighted by atomic mass is 10.0. The lowest BCUT2D eigenvalue weighted by Gasteiger charge is -2.44. The summed E-state index contributed by atoms with van der Waals surface area (Å²) in [5, 5.41) is 10.7. The fourth-order valence-electron chi connectivity index (χ4n) is 4.96. The second-order valence-corrected chi connectivity index (χ2v) is 8.04. The van der Waals surface area contributed by atoms with Crippen molar-refractivity contribution in [3.63, 3.8) is 0 Å². The van der Waals surface area contributed by atoms with E-state index in [4.69, 9.17) is 0 Å². The highest BCUT2D eigenvalue weighted by Crippen LogP contribution is 2.28. The molecule has 2 heterocycles. The van der Waals surface area contributed by atoms with Gasteiger partial charge in [-0.2, -0.15) is 0 Å². The predicted octanol–water partition coefficient (Wildman–Crippen LogP) is 2.94. The summed E-state index contributed by atoms with van der Waals surface area (Å²) in [5.41, 5.74) is 2.35.